The first-order valence-electron chi connectivity index (χ1n) is 9.06. The maximum Gasteiger partial charge on any atom is 0.408 e. The highest BCUT2D eigenvalue weighted by Crippen LogP contribution is 2.36. The minimum absolute atomic E-state index is 0.276. The maximum absolute atomic E-state index is 12.6. The number of hydrogen-bond acceptors (Lipinski definition) is 6. The number of fused-ring (bicyclic) bond motifs is 1. The molecule has 0 saturated carbocycles. The maximum atomic E-state index is 12.6. The summed E-state index contributed by atoms with van der Waals surface area (Å²) in [6.45, 7) is 5.81. The van der Waals surface area contributed by atoms with Crippen LogP contribution in [0, 0.1) is 0 Å². The lowest BCUT2D eigenvalue weighted by atomic mass is 9.98. The fraction of sp³-hybridized carbons (Fsp3) is 0.350. The second kappa shape index (κ2) is 8.92. The number of ether oxygens (including phenoxy) is 2. The lowest BCUT2D eigenvalue weighted by molar-refractivity contribution is 0.0490. The van der Waals surface area contributed by atoms with Gasteiger partial charge in [0.05, 0.1) is 23.2 Å². The van der Waals surface area contributed by atoms with Crippen molar-refractivity contribution >= 4 is 35.5 Å². The minimum atomic E-state index is -0.593. The van der Waals surface area contributed by atoms with Gasteiger partial charge in [0.1, 0.15) is 11.4 Å². The summed E-state index contributed by atoms with van der Waals surface area (Å²) in [6, 6.07) is 6.52. The Labute approximate surface area is 178 Å². The number of hydrogen-bond donors (Lipinski definition) is 2. The van der Waals surface area contributed by atoms with Crippen LogP contribution in [0.15, 0.2) is 41.6 Å². The van der Waals surface area contributed by atoms with E-state index < -0.39 is 11.7 Å². The van der Waals surface area contributed by atoms with Crippen molar-refractivity contribution in [3.05, 3.63) is 52.8 Å². The largest absolute Gasteiger partial charge is 0.493 e. The second-order valence-corrected chi connectivity index (χ2v) is 8.71. The summed E-state index contributed by atoms with van der Waals surface area (Å²) in [4.78, 5) is 29.5. The molecular formula is C20H22ClN3O4S. The number of carbonyl (C=O) groups excluding carboxylic acids is 2. The van der Waals surface area contributed by atoms with Crippen molar-refractivity contribution in [2.75, 3.05) is 6.61 Å². The lowest BCUT2D eigenvalue weighted by Crippen LogP contribution is -2.37. The van der Waals surface area contributed by atoms with Crippen LogP contribution in [0.2, 0.25) is 5.02 Å². The van der Waals surface area contributed by atoms with Gasteiger partial charge < -0.3 is 14.8 Å². The molecule has 1 aromatic heterocycles. The molecule has 154 valence electrons. The van der Waals surface area contributed by atoms with Crippen LogP contribution in [0.1, 0.15) is 49.2 Å². The highest BCUT2D eigenvalue weighted by Gasteiger charge is 2.28. The van der Waals surface area contributed by atoms with Crippen LogP contribution in [-0.2, 0) is 4.74 Å². The van der Waals surface area contributed by atoms with Gasteiger partial charge in [-0.1, -0.05) is 11.6 Å². The van der Waals surface area contributed by atoms with Gasteiger partial charge in [-0.3, -0.25) is 14.5 Å². The minimum Gasteiger partial charge on any atom is -0.493 e. The molecule has 0 fully saturated rings. The van der Waals surface area contributed by atoms with Crippen LogP contribution in [0.25, 0.3) is 0 Å². The van der Waals surface area contributed by atoms with Gasteiger partial charge in [0, 0.05) is 29.3 Å². The number of halogens is 1. The Kier molecular flexibility index (Phi) is 6.54. The zero-order valence-corrected chi connectivity index (χ0v) is 17.9. The Balaban J connectivity index is 1.73. The second-order valence-electron chi connectivity index (χ2n) is 7.42. The van der Waals surface area contributed by atoms with Crippen molar-refractivity contribution in [2.45, 2.75) is 43.7 Å². The topological polar surface area (TPSA) is 89.5 Å². The third-order valence-corrected chi connectivity index (χ3v) is 5.09. The number of nitrogens with one attached hydrogen (secondary N) is 2. The van der Waals surface area contributed by atoms with Crippen LogP contribution < -0.4 is 14.8 Å². The van der Waals surface area contributed by atoms with Gasteiger partial charge in [-0.15, -0.1) is 0 Å². The molecule has 2 amide bonds. The fourth-order valence-corrected chi connectivity index (χ4v) is 3.58. The number of alkyl carbamates (subject to hydrolysis) is 1. The molecule has 1 aliphatic rings. The van der Waals surface area contributed by atoms with E-state index in [1.807, 2.05) is 0 Å². The van der Waals surface area contributed by atoms with E-state index in [-0.39, 0.29) is 17.0 Å². The Hall–Kier alpha value is -2.45. The molecule has 29 heavy (non-hydrogen) atoms. The molecule has 7 nitrogen and oxygen atoms in total. The summed E-state index contributed by atoms with van der Waals surface area (Å²) in [6.07, 6.45) is 3.35. The van der Waals surface area contributed by atoms with Crippen molar-refractivity contribution in [1.82, 2.24) is 15.0 Å². The summed E-state index contributed by atoms with van der Waals surface area (Å²) in [5.41, 5.74) is 0.416. The Morgan fingerprint density at radius 2 is 2.00 bits per heavy atom. The molecular weight excluding hydrogens is 414 g/mol. The summed E-state index contributed by atoms with van der Waals surface area (Å²) in [7, 11) is 0. The van der Waals surface area contributed by atoms with Crippen LogP contribution in [0.3, 0.4) is 0 Å². The number of rotatable bonds is 4. The first kappa shape index (κ1) is 21.3. The first-order valence-corrected chi connectivity index (χ1v) is 10.3. The molecule has 1 aromatic carbocycles. The predicted octanol–water partition coefficient (Wildman–Crippen LogP) is 4.52. The predicted molar refractivity (Wildman–Crippen MR) is 111 cm³/mol. The van der Waals surface area contributed by atoms with Crippen LogP contribution in [0.4, 0.5) is 4.79 Å². The third kappa shape index (κ3) is 5.77. The molecule has 0 bridgehead atoms. The summed E-state index contributed by atoms with van der Waals surface area (Å²) >= 11 is 7.54. The highest BCUT2D eigenvalue weighted by molar-refractivity contribution is 7.98. The number of benzene rings is 1. The molecule has 2 aromatic rings. The van der Waals surface area contributed by atoms with Crippen molar-refractivity contribution in [3.63, 3.8) is 0 Å². The van der Waals surface area contributed by atoms with Gasteiger partial charge in [-0.2, -0.15) is 0 Å². The molecule has 0 radical (unpaired) electrons. The standard InChI is InChI=1S/C20H22ClN3O4S/c1-20(2,3)28-19(26)23-16-6-9-27-17-11-13(15(21)10-14(16)17)18(25)24-29-12-4-7-22-8-5-12/h4-5,7-8,10-11,16H,6,9H2,1-3H3,(H,23,26)(H,24,25)/t16-/m0/s1. The Bertz CT molecular complexity index is 903. The highest BCUT2D eigenvalue weighted by atomic mass is 35.5. The monoisotopic (exact) mass is 435 g/mol. The van der Waals surface area contributed by atoms with E-state index in [1.165, 1.54) is 11.9 Å². The van der Waals surface area contributed by atoms with Crippen molar-refractivity contribution in [1.29, 1.82) is 0 Å². The van der Waals surface area contributed by atoms with Gasteiger partial charge in [-0.25, -0.2) is 4.79 Å². The number of amides is 2. The van der Waals surface area contributed by atoms with Gasteiger partial charge in [0.15, 0.2) is 0 Å². The molecule has 9 heteroatoms. The molecule has 1 atom stereocenters. The van der Waals surface area contributed by atoms with Gasteiger partial charge in [0.25, 0.3) is 5.91 Å². The molecule has 0 unspecified atom stereocenters. The van der Waals surface area contributed by atoms with Crippen LogP contribution in [0.5, 0.6) is 5.75 Å². The summed E-state index contributed by atoms with van der Waals surface area (Å²) in [5, 5.41) is 3.12. The number of carbonyl (C=O) groups is 2. The molecule has 0 saturated heterocycles. The molecule has 2 heterocycles. The van der Waals surface area contributed by atoms with E-state index in [4.69, 9.17) is 21.1 Å². The van der Waals surface area contributed by atoms with E-state index in [0.29, 0.717) is 29.9 Å². The first-order chi connectivity index (χ1) is 13.7. The SMILES string of the molecule is CC(C)(C)OC(=O)N[C@H]1CCOc2cc(C(=O)NSc3ccncc3)c(Cl)cc21. The molecule has 3 rings (SSSR count). The average Bonchev–Trinajstić information content (AvgIpc) is 2.65. The molecule has 0 spiro atoms. The Morgan fingerprint density at radius 1 is 1.28 bits per heavy atom. The molecule has 0 aliphatic carbocycles. The van der Waals surface area contributed by atoms with Crippen LogP contribution in [-0.4, -0.2) is 29.2 Å². The van der Waals surface area contributed by atoms with Gasteiger partial charge in [0.2, 0.25) is 0 Å². The zero-order chi connectivity index (χ0) is 21.0. The van der Waals surface area contributed by atoms with E-state index >= 15 is 0 Å². The quantitative estimate of drug-likeness (QED) is 0.686. The van der Waals surface area contributed by atoms with Gasteiger partial charge in [-0.05, 0) is 57.0 Å². The number of nitrogens with zero attached hydrogens (tertiary/aromatic N) is 1. The third-order valence-electron chi connectivity index (χ3n) is 3.99. The molecule has 2 N–H and O–H groups in total. The van der Waals surface area contributed by atoms with Crippen molar-refractivity contribution in [2.24, 2.45) is 0 Å². The van der Waals surface area contributed by atoms with E-state index in [1.54, 1.807) is 57.4 Å². The lowest BCUT2D eigenvalue weighted by Gasteiger charge is -2.28. The fourth-order valence-electron chi connectivity index (χ4n) is 2.75. The van der Waals surface area contributed by atoms with Crippen LogP contribution >= 0.6 is 23.5 Å². The Morgan fingerprint density at radius 3 is 2.69 bits per heavy atom. The van der Waals surface area contributed by atoms with E-state index in [0.717, 1.165) is 4.90 Å². The molecule has 1 aliphatic heterocycles. The van der Waals surface area contributed by atoms with Crippen molar-refractivity contribution < 1.29 is 19.1 Å². The van der Waals surface area contributed by atoms with Crippen molar-refractivity contribution in [3.8, 4) is 5.75 Å². The average molecular weight is 436 g/mol. The summed E-state index contributed by atoms with van der Waals surface area (Å²) in [5.74, 6) is 0.172. The smallest absolute Gasteiger partial charge is 0.408 e. The number of aromatic nitrogens is 1. The van der Waals surface area contributed by atoms with E-state index in [9.17, 15) is 9.59 Å². The van der Waals surface area contributed by atoms with Gasteiger partial charge >= 0.3 is 6.09 Å². The summed E-state index contributed by atoms with van der Waals surface area (Å²) < 4.78 is 13.8. The number of pyridine rings is 1. The normalized spacial score (nSPS) is 15.7. The zero-order valence-electron chi connectivity index (χ0n) is 16.3. The van der Waals surface area contributed by atoms with E-state index in [2.05, 4.69) is 15.0 Å².